The summed E-state index contributed by atoms with van der Waals surface area (Å²) in [7, 11) is 0. The zero-order valence-corrected chi connectivity index (χ0v) is 18.5. The Balaban J connectivity index is 1.57. The molecule has 1 N–H and O–H groups in total. The number of carbonyl (C=O) groups excluding carboxylic acids is 2. The topological polar surface area (TPSA) is 106 Å². The minimum Gasteiger partial charge on any atom is -0.472 e. The molecule has 0 spiro atoms. The first kappa shape index (κ1) is 22.9. The lowest BCUT2D eigenvalue weighted by atomic mass is 10.0. The van der Waals surface area contributed by atoms with Gasteiger partial charge < -0.3 is 14.6 Å². The van der Waals surface area contributed by atoms with E-state index >= 15 is 0 Å². The van der Waals surface area contributed by atoms with Crippen molar-refractivity contribution in [3.8, 4) is 0 Å². The van der Waals surface area contributed by atoms with Crippen LogP contribution in [0.3, 0.4) is 0 Å². The first-order valence-electron chi connectivity index (χ1n) is 10.4. The van der Waals surface area contributed by atoms with Crippen molar-refractivity contribution in [2.45, 2.75) is 44.0 Å². The van der Waals surface area contributed by atoms with Crippen LogP contribution in [0, 0.1) is 16.0 Å². The summed E-state index contributed by atoms with van der Waals surface area (Å²) in [5, 5.41) is 14.4. The third-order valence-corrected chi connectivity index (χ3v) is 6.35. The Morgan fingerprint density at radius 3 is 2.61 bits per heavy atom. The van der Waals surface area contributed by atoms with Gasteiger partial charge in [0.25, 0.3) is 17.5 Å². The second-order valence-electron chi connectivity index (χ2n) is 8.02. The maximum atomic E-state index is 12.7. The van der Waals surface area contributed by atoms with Crippen LogP contribution in [0.5, 0.6) is 0 Å². The predicted octanol–water partition coefficient (Wildman–Crippen LogP) is 4.36. The van der Waals surface area contributed by atoms with Gasteiger partial charge in [-0.1, -0.05) is 13.8 Å². The molecule has 1 aliphatic rings. The number of thioether (sulfide) groups is 1. The van der Waals surface area contributed by atoms with Gasteiger partial charge in [0.1, 0.15) is 6.26 Å². The number of amides is 2. The van der Waals surface area contributed by atoms with Crippen molar-refractivity contribution in [1.82, 2.24) is 10.2 Å². The number of likely N-dealkylation sites (tertiary alicyclic amines) is 1. The maximum absolute atomic E-state index is 12.7. The highest BCUT2D eigenvalue weighted by atomic mass is 32.2. The summed E-state index contributed by atoms with van der Waals surface area (Å²) in [5.41, 5.74) is 0.750. The van der Waals surface area contributed by atoms with Gasteiger partial charge in [-0.2, -0.15) is 0 Å². The summed E-state index contributed by atoms with van der Waals surface area (Å²) in [6.45, 7) is 5.28. The number of nitrogens with zero attached hydrogens (tertiary/aromatic N) is 2. The van der Waals surface area contributed by atoms with E-state index in [4.69, 9.17) is 4.42 Å². The maximum Gasteiger partial charge on any atom is 0.283 e. The second-order valence-corrected chi connectivity index (χ2v) is 9.16. The Morgan fingerprint density at radius 2 is 2.00 bits per heavy atom. The number of rotatable bonds is 8. The Hall–Kier alpha value is -2.81. The van der Waals surface area contributed by atoms with Crippen molar-refractivity contribution < 1.29 is 18.9 Å². The molecule has 31 heavy (non-hydrogen) atoms. The summed E-state index contributed by atoms with van der Waals surface area (Å²) in [6, 6.07) is 6.19. The number of hydrogen-bond donors (Lipinski definition) is 1. The van der Waals surface area contributed by atoms with Crippen LogP contribution in [-0.2, 0) is 0 Å². The summed E-state index contributed by atoms with van der Waals surface area (Å²) in [5.74, 6) is 0.902. The average Bonchev–Trinajstić information content (AvgIpc) is 3.28. The van der Waals surface area contributed by atoms with Gasteiger partial charge in [0.05, 0.1) is 21.6 Å². The molecule has 8 nitrogen and oxygen atoms in total. The zero-order chi connectivity index (χ0) is 22.4. The smallest absolute Gasteiger partial charge is 0.283 e. The van der Waals surface area contributed by atoms with Crippen LogP contribution in [0.2, 0.25) is 0 Å². The first-order chi connectivity index (χ1) is 14.8. The number of nitro groups is 1. The van der Waals surface area contributed by atoms with Crippen LogP contribution >= 0.6 is 11.8 Å². The van der Waals surface area contributed by atoms with E-state index < -0.39 is 4.92 Å². The van der Waals surface area contributed by atoms with Gasteiger partial charge in [-0.25, -0.2) is 0 Å². The van der Waals surface area contributed by atoms with Gasteiger partial charge in [-0.3, -0.25) is 19.7 Å². The van der Waals surface area contributed by atoms with Crippen molar-refractivity contribution in [3.05, 3.63) is 58.0 Å². The first-order valence-corrected chi connectivity index (χ1v) is 11.4. The molecule has 0 unspecified atom stereocenters. The van der Waals surface area contributed by atoms with E-state index in [2.05, 4.69) is 19.2 Å². The number of hydrogen-bond acceptors (Lipinski definition) is 6. The number of furan rings is 1. The van der Waals surface area contributed by atoms with Crippen molar-refractivity contribution in [1.29, 1.82) is 0 Å². The summed E-state index contributed by atoms with van der Waals surface area (Å²) in [4.78, 5) is 38.4. The molecule has 3 rings (SSSR count). The van der Waals surface area contributed by atoms with E-state index in [9.17, 15) is 19.7 Å². The minimum absolute atomic E-state index is 0.0399. The Kier molecular flexibility index (Phi) is 7.73. The molecule has 9 heteroatoms. The fourth-order valence-electron chi connectivity index (χ4n) is 3.39. The lowest BCUT2D eigenvalue weighted by Gasteiger charge is -2.32. The molecule has 0 saturated carbocycles. The number of benzene rings is 1. The SMILES string of the molecule is CC(C)CCSc1ccc(C(=O)NC2CCN(C(=O)c3ccoc3)CC2)cc1[N+](=O)[O-]. The third-order valence-electron chi connectivity index (χ3n) is 5.26. The van der Waals surface area contributed by atoms with Gasteiger partial charge in [-0.05, 0) is 49.1 Å². The lowest BCUT2D eigenvalue weighted by Crippen LogP contribution is -2.46. The molecule has 2 aromatic rings. The quantitative estimate of drug-likeness (QED) is 0.368. The molecular formula is C22H27N3O5S. The van der Waals surface area contributed by atoms with Crippen molar-refractivity contribution in [3.63, 3.8) is 0 Å². The standard InChI is InChI=1S/C22H27N3O5S/c1-15(2)8-12-31-20-4-3-16(13-19(20)25(28)29)21(26)23-18-5-9-24(10-6-18)22(27)17-7-11-30-14-17/h3-4,7,11,13-15,18H,5-6,8-10,12H2,1-2H3,(H,23,26). The molecule has 0 atom stereocenters. The predicted molar refractivity (Wildman–Crippen MR) is 118 cm³/mol. The molecule has 1 aliphatic heterocycles. The third kappa shape index (κ3) is 6.10. The fraction of sp³-hybridized carbons (Fsp3) is 0.455. The van der Waals surface area contributed by atoms with E-state index in [1.807, 2.05) is 0 Å². The second kappa shape index (κ2) is 10.5. The monoisotopic (exact) mass is 445 g/mol. The van der Waals surface area contributed by atoms with Crippen LogP contribution in [0.1, 0.15) is 53.8 Å². The van der Waals surface area contributed by atoms with Crippen molar-refractivity contribution >= 4 is 29.3 Å². The van der Waals surface area contributed by atoms with Crippen molar-refractivity contribution in [2.24, 2.45) is 5.92 Å². The lowest BCUT2D eigenvalue weighted by molar-refractivity contribution is -0.387. The molecule has 0 aliphatic carbocycles. The number of piperidine rings is 1. The Labute approximate surface area is 185 Å². The van der Waals surface area contributed by atoms with Crippen LogP contribution in [0.4, 0.5) is 5.69 Å². The number of carbonyl (C=O) groups is 2. The van der Waals surface area contributed by atoms with Gasteiger partial charge in [0, 0.05) is 30.8 Å². The van der Waals surface area contributed by atoms with E-state index in [0.717, 1.165) is 12.2 Å². The number of nitro benzene ring substituents is 1. The Bertz CT molecular complexity index is 921. The summed E-state index contributed by atoms with van der Waals surface area (Å²) >= 11 is 1.44. The molecule has 1 saturated heterocycles. The summed E-state index contributed by atoms with van der Waals surface area (Å²) in [6.07, 6.45) is 5.11. The van der Waals surface area contributed by atoms with Crippen LogP contribution in [-0.4, -0.2) is 46.5 Å². The molecule has 2 heterocycles. The van der Waals surface area contributed by atoms with Gasteiger partial charge in [0.2, 0.25) is 0 Å². The van der Waals surface area contributed by atoms with Gasteiger partial charge in [-0.15, -0.1) is 11.8 Å². The largest absolute Gasteiger partial charge is 0.472 e. The van der Waals surface area contributed by atoms with Crippen molar-refractivity contribution in [2.75, 3.05) is 18.8 Å². The van der Waals surface area contributed by atoms with E-state index in [1.54, 1.807) is 23.1 Å². The normalized spacial score (nSPS) is 14.6. The molecule has 1 aromatic carbocycles. The van der Waals surface area contributed by atoms with Crippen LogP contribution in [0.15, 0.2) is 46.1 Å². The Morgan fingerprint density at radius 1 is 1.26 bits per heavy atom. The highest BCUT2D eigenvalue weighted by molar-refractivity contribution is 7.99. The van der Waals surface area contributed by atoms with Gasteiger partial charge in [0.15, 0.2) is 0 Å². The highest BCUT2D eigenvalue weighted by Crippen LogP contribution is 2.31. The summed E-state index contributed by atoms with van der Waals surface area (Å²) < 4.78 is 4.96. The van der Waals surface area contributed by atoms with E-state index in [1.165, 1.54) is 30.4 Å². The minimum atomic E-state index is -0.436. The van der Waals surface area contributed by atoms with Gasteiger partial charge >= 0.3 is 0 Å². The zero-order valence-electron chi connectivity index (χ0n) is 17.7. The van der Waals surface area contributed by atoms with E-state index in [0.29, 0.717) is 42.3 Å². The molecule has 1 aromatic heterocycles. The molecule has 1 fully saturated rings. The molecule has 0 bridgehead atoms. The molecule has 2 amide bonds. The molecular weight excluding hydrogens is 418 g/mol. The molecule has 0 radical (unpaired) electrons. The average molecular weight is 446 g/mol. The molecule has 166 valence electrons. The highest BCUT2D eigenvalue weighted by Gasteiger charge is 2.26. The fourth-order valence-corrected chi connectivity index (χ4v) is 4.65. The van der Waals surface area contributed by atoms with Crippen LogP contribution in [0.25, 0.3) is 0 Å². The van der Waals surface area contributed by atoms with Crippen LogP contribution < -0.4 is 5.32 Å². The van der Waals surface area contributed by atoms with E-state index in [-0.39, 0.29) is 29.1 Å². The number of nitrogens with one attached hydrogen (secondary N) is 1.